The molecular weight excluding hydrogens is 260 g/mol. The van der Waals surface area contributed by atoms with Crippen LogP contribution in [0.5, 0.6) is 0 Å². The molecule has 1 aromatic carbocycles. The quantitative estimate of drug-likeness (QED) is 0.780. The third-order valence-corrected chi connectivity index (χ3v) is 4.48. The highest BCUT2D eigenvalue weighted by molar-refractivity contribution is 5.81. The average molecular weight is 276 g/mol. The number of nitrogens with one attached hydrogen (secondary N) is 1. The zero-order valence-corrected chi connectivity index (χ0v) is 11.7. The Balaban J connectivity index is 1.75. The van der Waals surface area contributed by atoms with Crippen LogP contribution in [0.25, 0.3) is 22.4 Å². The molecule has 5 rings (SSSR count). The van der Waals surface area contributed by atoms with Crippen LogP contribution in [0.1, 0.15) is 24.4 Å². The largest absolute Gasteiger partial charge is 0.384 e. The summed E-state index contributed by atoms with van der Waals surface area (Å²) < 4.78 is 2.40. The Morgan fingerprint density at radius 1 is 1.19 bits per heavy atom. The predicted molar refractivity (Wildman–Crippen MR) is 83.4 cm³/mol. The minimum atomic E-state index is 0.605. The summed E-state index contributed by atoms with van der Waals surface area (Å²) in [7, 11) is 0. The Morgan fingerprint density at radius 3 is 3.05 bits per heavy atom. The molecule has 0 amide bonds. The van der Waals surface area contributed by atoms with E-state index in [0.29, 0.717) is 6.04 Å². The van der Waals surface area contributed by atoms with E-state index in [-0.39, 0.29) is 0 Å². The average Bonchev–Trinajstić information content (AvgIpc) is 3.12. The van der Waals surface area contributed by atoms with Crippen LogP contribution in [0.3, 0.4) is 0 Å². The van der Waals surface area contributed by atoms with Gasteiger partial charge in [0.05, 0.1) is 11.7 Å². The normalized spacial score (nSPS) is 17.0. The van der Waals surface area contributed by atoms with E-state index in [1.807, 2.05) is 12.4 Å². The molecule has 0 unspecified atom stereocenters. The van der Waals surface area contributed by atoms with E-state index >= 15 is 0 Å². The minimum Gasteiger partial charge on any atom is -0.384 e. The molecule has 0 saturated heterocycles. The summed E-state index contributed by atoms with van der Waals surface area (Å²) in [5, 5.41) is 3.46. The molecule has 2 aromatic heterocycles. The van der Waals surface area contributed by atoms with Gasteiger partial charge < -0.3 is 9.88 Å². The van der Waals surface area contributed by atoms with Gasteiger partial charge in [0.1, 0.15) is 11.3 Å². The summed E-state index contributed by atoms with van der Waals surface area (Å²) in [4.78, 5) is 9.05. The van der Waals surface area contributed by atoms with Crippen molar-refractivity contribution in [2.75, 3.05) is 11.9 Å². The van der Waals surface area contributed by atoms with Crippen molar-refractivity contribution in [1.29, 1.82) is 0 Å². The Bertz CT molecular complexity index is 845. The molecule has 4 heteroatoms. The first-order valence-electron chi connectivity index (χ1n) is 7.59. The highest BCUT2D eigenvalue weighted by atomic mass is 15.1. The molecule has 1 aliphatic heterocycles. The van der Waals surface area contributed by atoms with Crippen molar-refractivity contribution < 1.29 is 0 Å². The van der Waals surface area contributed by atoms with E-state index in [1.165, 1.54) is 35.2 Å². The van der Waals surface area contributed by atoms with Crippen LogP contribution in [-0.2, 0) is 6.42 Å². The second-order valence-corrected chi connectivity index (χ2v) is 5.95. The van der Waals surface area contributed by atoms with Gasteiger partial charge in [-0.1, -0.05) is 12.1 Å². The smallest absolute Gasteiger partial charge is 0.141 e. The topological polar surface area (TPSA) is 42.7 Å². The van der Waals surface area contributed by atoms with Crippen molar-refractivity contribution in [3.05, 3.63) is 42.2 Å². The molecular formula is C17H16N4. The lowest BCUT2D eigenvalue weighted by molar-refractivity contribution is 0.775. The van der Waals surface area contributed by atoms with Crippen LogP contribution in [0.15, 0.2) is 36.7 Å². The number of rotatable bonds is 2. The zero-order chi connectivity index (χ0) is 13.8. The zero-order valence-electron chi connectivity index (χ0n) is 11.7. The van der Waals surface area contributed by atoms with E-state index < -0.39 is 0 Å². The summed E-state index contributed by atoms with van der Waals surface area (Å²) in [5.41, 5.74) is 6.07. The third kappa shape index (κ3) is 1.68. The Hall–Kier alpha value is -2.36. The van der Waals surface area contributed by atoms with Crippen LogP contribution >= 0.6 is 0 Å². The molecule has 1 aliphatic carbocycles. The van der Waals surface area contributed by atoms with Gasteiger partial charge in [0, 0.05) is 30.0 Å². The SMILES string of the molecule is c1cc2c(cn1)nc(-c1ccc3c(c1)NCC3)n2C1CC1. The summed E-state index contributed by atoms with van der Waals surface area (Å²) in [5.74, 6) is 1.08. The predicted octanol–water partition coefficient (Wildman–Crippen LogP) is 3.40. The fourth-order valence-electron chi connectivity index (χ4n) is 3.29. The first-order valence-corrected chi connectivity index (χ1v) is 7.59. The number of aromatic nitrogens is 3. The molecule has 0 bridgehead atoms. The molecule has 1 N–H and O–H groups in total. The number of anilines is 1. The Morgan fingerprint density at radius 2 is 2.14 bits per heavy atom. The van der Waals surface area contributed by atoms with E-state index in [2.05, 4.69) is 39.1 Å². The number of pyridine rings is 1. The molecule has 1 saturated carbocycles. The number of imidazole rings is 1. The highest BCUT2D eigenvalue weighted by Gasteiger charge is 2.29. The molecule has 3 aromatic rings. The minimum absolute atomic E-state index is 0.605. The highest BCUT2D eigenvalue weighted by Crippen LogP contribution is 2.41. The van der Waals surface area contributed by atoms with Crippen molar-refractivity contribution in [1.82, 2.24) is 14.5 Å². The number of fused-ring (bicyclic) bond motifs is 2. The molecule has 3 heterocycles. The van der Waals surface area contributed by atoms with Gasteiger partial charge in [-0.25, -0.2) is 4.98 Å². The van der Waals surface area contributed by atoms with Crippen LogP contribution in [-0.4, -0.2) is 21.1 Å². The van der Waals surface area contributed by atoms with E-state index in [4.69, 9.17) is 4.98 Å². The van der Waals surface area contributed by atoms with Gasteiger partial charge >= 0.3 is 0 Å². The maximum Gasteiger partial charge on any atom is 0.141 e. The second kappa shape index (κ2) is 4.07. The molecule has 104 valence electrons. The number of hydrogen-bond acceptors (Lipinski definition) is 3. The van der Waals surface area contributed by atoms with Gasteiger partial charge in [-0.05, 0) is 37.0 Å². The summed E-state index contributed by atoms with van der Waals surface area (Å²) in [6.45, 7) is 1.04. The van der Waals surface area contributed by atoms with Gasteiger partial charge in [-0.15, -0.1) is 0 Å². The summed E-state index contributed by atoms with van der Waals surface area (Å²) in [6, 6.07) is 9.37. The van der Waals surface area contributed by atoms with E-state index in [0.717, 1.165) is 24.3 Å². The fraction of sp³-hybridized carbons (Fsp3) is 0.294. The van der Waals surface area contributed by atoms with Crippen molar-refractivity contribution >= 4 is 16.7 Å². The van der Waals surface area contributed by atoms with Crippen molar-refractivity contribution in [3.63, 3.8) is 0 Å². The maximum absolute atomic E-state index is 4.84. The van der Waals surface area contributed by atoms with E-state index in [1.54, 1.807) is 0 Å². The molecule has 2 aliphatic rings. The lowest BCUT2D eigenvalue weighted by atomic mass is 10.1. The van der Waals surface area contributed by atoms with Gasteiger partial charge in [0.15, 0.2) is 0 Å². The van der Waals surface area contributed by atoms with Crippen LogP contribution in [0.2, 0.25) is 0 Å². The fourth-order valence-corrected chi connectivity index (χ4v) is 3.29. The lowest BCUT2D eigenvalue weighted by Gasteiger charge is -2.09. The monoisotopic (exact) mass is 276 g/mol. The molecule has 4 nitrogen and oxygen atoms in total. The first-order chi connectivity index (χ1) is 10.4. The number of nitrogens with zero attached hydrogens (tertiary/aromatic N) is 3. The van der Waals surface area contributed by atoms with Gasteiger partial charge in [-0.3, -0.25) is 4.98 Å². The van der Waals surface area contributed by atoms with E-state index in [9.17, 15) is 0 Å². The maximum atomic E-state index is 4.84. The van der Waals surface area contributed by atoms with Gasteiger partial charge in [-0.2, -0.15) is 0 Å². The van der Waals surface area contributed by atoms with Crippen molar-refractivity contribution in [3.8, 4) is 11.4 Å². The first kappa shape index (κ1) is 11.3. The number of benzene rings is 1. The molecule has 0 radical (unpaired) electrons. The van der Waals surface area contributed by atoms with Crippen LogP contribution in [0, 0.1) is 0 Å². The summed E-state index contributed by atoms with van der Waals surface area (Å²) >= 11 is 0. The molecule has 1 fully saturated rings. The molecule has 0 atom stereocenters. The van der Waals surface area contributed by atoms with Gasteiger partial charge in [0.2, 0.25) is 0 Å². The van der Waals surface area contributed by atoms with Gasteiger partial charge in [0.25, 0.3) is 0 Å². The standard InChI is InChI=1S/C17H16N4/c1-2-12(9-14-11(1)5-8-19-14)17-20-15-10-18-7-6-16(15)21(17)13-3-4-13/h1-2,6-7,9-10,13,19H,3-5,8H2. The van der Waals surface area contributed by atoms with Crippen LogP contribution < -0.4 is 5.32 Å². The van der Waals surface area contributed by atoms with Crippen molar-refractivity contribution in [2.24, 2.45) is 0 Å². The lowest BCUT2D eigenvalue weighted by Crippen LogP contribution is -1.98. The molecule has 0 spiro atoms. The van der Waals surface area contributed by atoms with Crippen LogP contribution in [0.4, 0.5) is 5.69 Å². The third-order valence-electron chi connectivity index (χ3n) is 4.48. The Kier molecular flexibility index (Phi) is 2.19. The van der Waals surface area contributed by atoms with Crippen molar-refractivity contribution in [2.45, 2.75) is 25.3 Å². The number of hydrogen-bond donors (Lipinski definition) is 1. The molecule has 21 heavy (non-hydrogen) atoms. The second-order valence-electron chi connectivity index (χ2n) is 5.95. The Labute approximate surface area is 122 Å². The summed E-state index contributed by atoms with van der Waals surface area (Å²) in [6.07, 6.45) is 7.35.